The lowest BCUT2D eigenvalue weighted by Crippen LogP contribution is -2.09. The number of hydrogen-bond donors (Lipinski definition) is 1. The molecule has 1 aromatic carbocycles. The molecule has 1 aliphatic heterocycles. The van der Waals surface area contributed by atoms with Gasteiger partial charge in [-0.15, -0.1) is 0 Å². The molecule has 1 N–H and O–H groups in total. The monoisotopic (exact) mass is 205 g/mol. The lowest BCUT2D eigenvalue weighted by molar-refractivity contribution is -0.115. The normalized spacial score (nSPS) is 13.3. The van der Waals surface area contributed by atoms with Crippen LogP contribution in [0.5, 0.6) is 0 Å². The van der Waals surface area contributed by atoms with Gasteiger partial charge in [0.2, 0.25) is 5.91 Å². The molecule has 0 saturated heterocycles. The highest BCUT2D eigenvalue weighted by Gasteiger charge is 2.23. The van der Waals surface area contributed by atoms with Crippen molar-refractivity contribution in [3.8, 4) is 0 Å². The summed E-state index contributed by atoms with van der Waals surface area (Å²) in [5.74, 6) is -0.474. The molecular formula is C11H11NO3. The highest BCUT2D eigenvalue weighted by atomic mass is 16.5. The van der Waals surface area contributed by atoms with Crippen LogP contribution >= 0.6 is 0 Å². The Labute approximate surface area is 87.2 Å². The third-order valence-electron chi connectivity index (χ3n) is 2.26. The average Bonchev–Trinajstić information content (AvgIpc) is 2.57. The first-order chi connectivity index (χ1) is 7.22. The number of anilines is 1. The highest BCUT2D eigenvalue weighted by Crippen LogP contribution is 2.27. The van der Waals surface area contributed by atoms with Crippen LogP contribution in [0.15, 0.2) is 18.2 Å². The van der Waals surface area contributed by atoms with E-state index in [1.165, 1.54) is 0 Å². The molecule has 1 aliphatic rings. The fourth-order valence-electron chi connectivity index (χ4n) is 1.63. The fraction of sp³-hybridized carbons (Fsp3) is 0.273. The molecule has 0 atom stereocenters. The van der Waals surface area contributed by atoms with Crippen LogP contribution in [-0.2, 0) is 16.0 Å². The van der Waals surface area contributed by atoms with Crippen molar-refractivity contribution in [2.45, 2.75) is 13.3 Å². The van der Waals surface area contributed by atoms with E-state index >= 15 is 0 Å². The van der Waals surface area contributed by atoms with Crippen LogP contribution in [0.2, 0.25) is 0 Å². The summed E-state index contributed by atoms with van der Waals surface area (Å²) in [5.41, 5.74) is 1.88. The first-order valence-corrected chi connectivity index (χ1v) is 4.81. The summed E-state index contributed by atoms with van der Waals surface area (Å²) in [6.45, 7) is 2.08. The van der Waals surface area contributed by atoms with Crippen LogP contribution in [0, 0.1) is 0 Å². The van der Waals surface area contributed by atoms with E-state index in [0.717, 1.165) is 5.56 Å². The molecule has 0 saturated carbocycles. The van der Waals surface area contributed by atoms with Gasteiger partial charge in [0.15, 0.2) is 0 Å². The van der Waals surface area contributed by atoms with E-state index in [2.05, 4.69) is 5.32 Å². The maximum Gasteiger partial charge on any atom is 0.340 e. The van der Waals surface area contributed by atoms with E-state index in [1.54, 1.807) is 19.1 Å². The zero-order valence-corrected chi connectivity index (χ0v) is 8.37. The van der Waals surface area contributed by atoms with Crippen molar-refractivity contribution in [1.82, 2.24) is 0 Å². The van der Waals surface area contributed by atoms with Gasteiger partial charge < -0.3 is 10.1 Å². The topological polar surface area (TPSA) is 55.4 Å². The Morgan fingerprint density at radius 3 is 3.07 bits per heavy atom. The van der Waals surface area contributed by atoms with Gasteiger partial charge in [-0.05, 0) is 18.6 Å². The van der Waals surface area contributed by atoms with Crippen LogP contribution in [-0.4, -0.2) is 18.5 Å². The van der Waals surface area contributed by atoms with E-state index in [9.17, 15) is 9.59 Å². The number of hydrogen-bond acceptors (Lipinski definition) is 3. The molecule has 1 amide bonds. The molecule has 1 aromatic rings. The summed E-state index contributed by atoms with van der Waals surface area (Å²) < 4.78 is 4.90. The SMILES string of the molecule is CCOC(=O)c1cccc2c1NC(=O)C2. The molecule has 4 heteroatoms. The van der Waals surface area contributed by atoms with Crippen molar-refractivity contribution in [1.29, 1.82) is 0 Å². The first-order valence-electron chi connectivity index (χ1n) is 4.81. The molecule has 0 fully saturated rings. The van der Waals surface area contributed by atoms with Gasteiger partial charge in [-0.3, -0.25) is 4.79 Å². The lowest BCUT2D eigenvalue weighted by Gasteiger charge is -2.06. The predicted octanol–water partition coefficient (Wildman–Crippen LogP) is 1.36. The Bertz CT molecular complexity index is 426. The van der Waals surface area contributed by atoms with Gasteiger partial charge in [-0.1, -0.05) is 12.1 Å². The molecule has 0 bridgehead atoms. The molecule has 0 aliphatic carbocycles. The number of amides is 1. The molecule has 1 heterocycles. The zero-order valence-electron chi connectivity index (χ0n) is 8.37. The quantitative estimate of drug-likeness (QED) is 0.741. The molecule has 4 nitrogen and oxygen atoms in total. The molecule has 0 spiro atoms. The van der Waals surface area contributed by atoms with Crippen molar-refractivity contribution in [3.63, 3.8) is 0 Å². The number of benzene rings is 1. The number of carbonyl (C=O) groups excluding carboxylic acids is 2. The minimum absolute atomic E-state index is 0.0817. The van der Waals surface area contributed by atoms with Gasteiger partial charge in [0.25, 0.3) is 0 Å². The second-order valence-electron chi connectivity index (χ2n) is 3.29. The summed E-state index contributed by atoms with van der Waals surface area (Å²) in [4.78, 5) is 22.7. The van der Waals surface area contributed by atoms with Crippen molar-refractivity contribution >= 4 is 17.6 Å². The third kappa shape index (κ3) is 1.70. The van der Waals surface area contributed by atoms with Crippen molar-refractivity contribution < 1.29 is 14.3 Å². The van der Waals surface area contributed by atoms with Crippen LogP contribution in [0.3, 0.4) is 0 Å². The van der Waals surface area contributed by atoms with Gasteiger partial charge in [-0.25, -0.2) is 4.79 Å². The Hall–Kier alpha value is -1.84. The summed E-state index contributed by atoms with van der Waals surface area (Å²) in [7, 11) is 0. The third-order valence-corrected chi connectivity index (χ3v) is 2.26. The minimum Gasteiger partial charge on any atom is -0.462 e. The van der Waals surface area contributed by atoms with Crippen LogP contribution in [0.4, 0.5) is 5.69 Å². The standard InChI is InChI=1S/C11H11NO3/c1-2-15-11(14)8-5-3-4-7-6-9(13)12-10(7)8/h3-5H,2,6H2,1H3,(H,12,13). The Morgan fingerprint density at radius 1 is 1.53 bits per heavy atom. The van der Waals surface area contributed by atoms with Gasteiger partial charge in [0.1, 0.15) is 0 Å². The Balaban J connectivity index is 2.38. The summed E-state index contributed by atoms with van der Waals surface area (Å²) >= 11 is 0. The number of ether oxygens (including phenoxy) is 1. The largest absolute Gasteiger partial charge is 0.462 e. The second-order valence-corrected chi connectivity index (χ2v) is 3.29. The molecule has 0 radical (unpaired) electrons. The van der Waals surface area contributed by atoms with E-state index < -0.39 is 5.97 Å². The Morgan fingerprint density at radius 2 is 2.33 bits per heavy atom. The fourth-order valence-corrected chi connectivity index (χ4v) is 1.63. The van der Waals surface area contributed by atoms with E-state index in [0.29, 0.717) is 24.3 Å². The van der Waals surface area contributed by atoms with Gasteiger partial charge in [0, 0.05) is 0 Å². The smallest absolute Gasteiger partial charge is 0.340 e. The van der Waals surface area contributed by atoms with Crippen LogP contribution in [0.1, 0.15) is 22.8 Å². The average molecular weight is 205 g/mol. The molecule has 0 aromatic heterocycles. The van der Waals surface area contributed by atoms with Gasteiger partial charge >= 0.3 is 5.97 Å². The van der Waals surface area contributed by atoms with Crippen molar-refractivity contribution in [2.24, 2.45) is 0 Å². The minimum atomic E-state index is -0.392. The summed E-state index contributed by atoms with van der Waals surface area (Å²) in [5, 5.41) is 2.67. The number of carbonyl (C=O) groups is 2. The Kier molecular flexibility index (Phi) is 2.41. The lowest BCUT2D eigenvalue weighted by atomic mass is 10.1. The summed E-state index contributed by atoms with van der Waals surface area (Å²) in [6.07, 6.45) is 0.336. The highest BCUT2D eigenvalue weighted by molar-refractivity contribution is 6.07. The van der Waals surface area contributed by atoms with Crippen molar-refractivity contribution in [2.75, 3.05) is 11.9 Å². The number of fused-ring (bicyclic) bond motifs is 1. The second kappa shape index (κ2) is 3.73. The molecular weight excluding hydrogens is 194 g/mol. The number of esters is 1. The number of rotatable bonds is 2. The van der Waals surface area contributed by atoms with E-state index in [-0.39, 0.29) is 5.91 Å². The predicted molar refractivity (Wildman–Crippen MR) is 54.7 cm³/mol. The maximum absolute atomic E-state index is 11.5. The van der Waals surface area contributed by atoms with E-state index in [1.807, 2.05) is 6.07 Å². The van der Waals surface area contributed by atoms with Crippen molar-refractivity contribution in [3.05, 3.63) is 29.3 Å². The molecule has 0 unspecified atom stereocenters. The maximum atomic E-state index is 11.5. The first kappa shape index (κ1) is 9.71. The summed E-state index contributed by atoms with van der Waals surface area (Å²) in [6, 6.07) is 5.24. The van der Waals surface area contributed by atoms with E-state index in [4.69, 9.17) is 4.74 Å². The van der Waals surface area contributed by atoms with Crippen LogP contribution < -0.4 is 5.32 Å². The molecule has 78 valence electrons. The molecule has 15 heavy (non-hydrogen) atoms. The van der Waals surface area contributed by atoms with Gasteiger partial charge in [-0.2, -0.15) is 0 Å². The molecule has 2 rings (SSSR count). The number of para-hydroxylation sites is 1. The zero-order chi connectivity index (χ0) is 10.8. The van der Waals surface area contributed by atoms with Crippen LogP contribution in [0.25, 0.3) is 0 Å². The number of nitrogens with one attached hydrogen (secondary N) is 1. The van der Waals surface area contributed by atoms with Gasteiger partial charge in [0.05, 0.1) is 24.3 Å².